The van der Waals surface area contributed by atoms with Gasteiger partial charge in [-0.05, 0) is 22.6 Å². The van der Waals surface area contributed by atoms with Crippen LogP contribution in [0.1, 0.15) is 61.7 Å². The number of para-hydroxylation sites is 1. The summed E-state index contributed by atoms with van der Waals surface area (Å²) in [6.07, 6.45) is 0.672. The zero-order valence-corrected chi connectivity index (χ0v) is 17.2. The Kier molecular flexibility index (Phi) is 4.20. The Morgan fingerprint density at radius 3 is 2.28 bits per heavy atom. The maximum absolute atomic E-state index is 6.46. The summed E-state index contributed by atoms with van der Waals surface area (Å²) >= 11 is 0. The molecule has 0 saturated carbocycles. The minimum absolute atomic E-state index is 0.132. The Balaban J connectivity index is 1.56. The third-order valence-corrected chi connectivity index (χ3v) is 5.87. The summed E-state index contributed by atoms with van der Waals surface area (Å²) in [5, 5.41) is 7.18. The van der Waals surface area contributed by atoms with Crippen molar-refractivity contribution < 1.29 is 4.74 Å². The maximum Gasteiger partial charge on any atom is 0.213 e. The number of rotatable bonds is 2. The van der Waals surface area contributed by atoms with Crippen molar-refractivity contribution in [1.29, 1.82) is 0 Å². The predicted molar refractivity (Wildman–Crippen MR) is 117 cm³/mol. The highest BCUT2D eigenvalue weighted by Gasteiger charge is 2.40. The van der Waals surface area contributed by atoms with Gasteiger partial charge in [-0.2, -0.15) is 5.10 Å². The highest BCUT2D eigenvalue weighted by atomic mass is 16.5. The monoisotopic (exact) mass is 382 g/mol. The van der Waals surface area contributed by atoms with Crippen molar-refractivity contribution in [3.8, 4) is 5.75 Å². The van der Waals surface area contributed by atoms with Crippen LogP contribution in [0, 0.1) is 0 Å². The zero-order chi connectivity index (χ0) is 20.0. The Morgan fingerprint density at radius 2 is 1.55 bits per heavy atom. The molecule has 2 atom stereocenters. The van der Waals surface area contributed by atoms with Gasteiger partial charge >= 0.3 is 0 Å². The molecule has 29 heavy (non-hydrogen) atoms. The molecule has 3 aromatic carbocycles. The van der Waals surface area contributed by atoms with Gasteiger partial charge in [0.2, 0.25) is 6.23 Å². The largest absolute Gasteiger partial charge is 0.464 e. The van der Waals surface area contributed by atoms with Crippen LogP contribution < -0.4 is 4.74 Å². The lowest BCUT2D eigenvalue weighted by molar-refractivity contribution is -0.0190. The zero-order valence-electron chi connectivity index (χ0n) is 17.2. The molecule has 3 aromatic rings. The number of ether oxygens (including phenoxy) is 1. The van der Waals surface area contributed by atoms with E-state index in [1.807, 2.05) is 12.1 Å². The molecule has 0 radical (unpaired) electrons. The predicted octanol–water partition coefficient (Wildman–Crippen LogP) is 6.23. The number of hydrazone groups is 1. The number of fused-ring (bicyclic) bond motifs is 3. The van der Waals surface area contributed by atoms with Crippen LogP contribution in [0.25, 0.3) is 0 Å². The van der Waals surface area contributed by atoms with Gasteiger partial charge in [-0.15, -0.1) is 0 Å². The summed E-state index contributed by atoms with van der Waals surface area (Å²) in [5.41, 5.74) is 6.10. The van der Waals surface area contributed by atoms with E-state index in [9.17, 15) is 0 Å². The van der Waals surface area contributed by atoms with Crippen LogP contribution in [0.4, 0.5) is 0 Å². The molecule has 5 rings (SSSR count). The van der Waals surface area contributed by atoms with Gasteiger partial charge in [0.1, 0.15) is 5.75 Å². The summed E-state index contributed by atoms with van der Waals surface area (Å²) in [6.45, 7) is 6.72. The molecule has 3 nitrogen and oxygen atoms in total. The van der Waals surface area contributed by atoms with Crippen LogP contribution in [-0.4, -0.2) is 10.7 Å². The van der Waals surface area contributed by atoms with E-state index >= 15 is 0 Å². The van der Waals surface area contributed by atoms with E-state index in [4.69, 9.17) is 9.84 Å². The lowest BCUT2D eigenvalue weighted by Gasteiger charge is -2.38. The highest BCUT2D eigenvalue weighted by molar-refractivity contribution is 6.01. The number of hydrogen-bond donors (Lipinski definition) is 0. The Labute approximate surface area is 172 Å². The molecule has 146 valence electrons. The van der Waals surface area contributed by atoms with Gasteiger partial charge < -0.3 is 4.74 Å². The van der Waals surface area contributed by atoms with Crippen molar-refractivity contribution in [3.05, 3.63) is 101 Å². The van der Waals surface area contributed by atoms with Crippen molar-refractivity contribution in [2.45, 2.75) is 44.9 Å². The van der Waals surface area contributed by atoms with Crippen molar-refractivity contribution >= 4 is 5.71 Å². The van der Waals surface area contributed by atoms with E-state index in [0.29, 0.717) is 0 Å². The summed E-state index contributed by atoms with van der Waals surface area (Å²) < 4.78 is 6.46. The van der Waals surface area contributed by atoms with Crippen LogP contribution >= 0.6 is 0 Å². The molecule has 0 aliphatic carbocycles. The van der Waals surface area contributed by atoms with Gasteiger partial charge in [-0.1, -0.05) is 93.6 Å². The standard InChI is InChI=1S/C26H26N2O/c1-26(2,3)20-15-13-19(14-16-20)25-28-23(21-11-7-8-12-24(21)29-25)17-22(27-28)18-9-5-4-6-10-18/h4-16,23,25H,17H2,1-3H3. The number of hydrogen-bond acceptors (Lipinski definition) is 3. The molecule has 3 heteroatoms. The van der Waals surface area contributed by atoms with Gasteiger partial charge in [-0.25, -0.2) is 5.01 Å². The van der Waals surface area contributed by atoms with Crippen LogP contribution in [-0.2, 0) is 5.41 Å². The Hall–Kier alpha value is -3.07. The van der Waals surface area contributed by atoms with Crippen LogP contribution in [0.15, 0.2) is 84.0 Å². The quantitative estimate of drug-likeness (QED) is 0.525. The highest BCUT2D eigenvalue weighted by Crippen LogP contribution is 2.47. The maximum atomic E-state index is 6.46. The average molecular weight is 383 g/mol. The number of benzene rings is 3. The van der Waals surface area contributed by atoms with Gasteiger partial charge in [0.05, 0.1) is 11.8 Å². The summed E-state index contributed by atoms with van der Waals surface area (Å²) in [6, 6.07) is 27.8. The SMILES string of the molecule is CC(C)(C)c1ccc(C2Oc3ccccc3C3CC(c4ccccc4)=NN32)cc1. The molecule has 0 aromatic heterocycles. The summed E-state index contributed by atoms with van der Waals surface area (Å²) in [5.74, 6) is 0.961. The van der Waals surface area contributed by atoms with Crippen LogP contribution in [0.5, 0.6) is 5.75 Å². The topological polar surface area (TPSA) is 24.8 Å². The molecule has 0 amide bonds. The fourth-order valence-corrected chi connectivity index (χ4v) is 4.21. The van der Waals surface area contributed by atoms with Crippen molar-refractivity contribution in [1.82, 2.24) is 5.01 Å². The first kappa shape index (κ1) is 18.0. The van der Waals surface area contributed by atoms with Crippen molar-refractivity contribution in [3.63, 3.8) is 0 Å². The van der Waals surface area contributed by atoms with Gasteiger partial charge in [0.25, 0.3) is 0 Å². The molecule has 2 aliphatic rings. The van der Waals surface area contributed by atoms with E-state index in [1.54, 1.807) is 0 Å². The smallest absolute Gasteiger partial charge is 0.213 e. The van der Waals surface area contributed by atoms with Crippen molar-refractivity contribution in [2.75, 3.05) is 0 Å². The van der Waals surface area contributed by atoms with E-state index in [1.165, 1.54) is 16.7 Å². The molecule has 0 bridgehead atoms. The average Bonchev–Trinajstić information content (AvgIpc) is 3.19. The molecule has 0 fully saturated rings. The first-order valence-corrected chi connectivity index (χ1v) is 10.3. The van der Waals surface area contributed by atoms with Gasteiger partial charge in [0.15, 0.2) is 0 Å². The van der Waals surface area contributed by atoms with Crippen LogP contribution in [0.2, 0.25) is 0 Å². The Bertz CT molecular complexity index is 1050. The van der Waals surface area contributed by atoms with Gasteiger partial charge in [0, 0.05) is 17.5 Å². The van der Waals surface area contributed by atoms with E-state index in [2.05, 4.69) is 92.5 Å². The van der Waals surface area contributed by atoms with Gasteiger partial charge in [-0.3, -0.25) is 0 Å². The normalized spacial score (nSPS) is 20.5. The fraction of sp³-hybridized carbons (Fsp3) is 0.269. The third-order valence-electron chi connectivity index (χ3n) is 5.87. The second-order valence-electron chi connectivity index (χ2n) is 8.89. The number of nitrogens with zero attached hydrogens (tertiary/aromatic N) is 2. The van der Waals surface area contributed by atoms with Crippen LogP contribution in [0.3, 0.4) is 0 Å². The van der Waals surface area contributed by atoms with Crippen molar-refractivity contribution in [2.24, 2.45) is 5.10 Å². The first-order valence-electron chi connectivity index (χ1n) is 10.3. The minimum atomic E-state index is -0.217. The first-order chi connectivity index (χ1) is 14.0. The fourth-order valence-electron chi connectivity index (χ4n) is 4.21. The Morgan fingerprint density at radius 1 is 0.862 bits per heavy atom. The molecule has 2 unspecified atom stereocenters. The second kappa shape index (κ2) is 6.77. The molecule has 0 spiro atoms. The summed E-state index contributed by atoms with van der Waals surface area (Å²) in [7, 11) is 0. The van der Waals surface area contributed by atoms with E-state index < -0.39 is 0 Å². The lowest BCUT2D eigenvalue weighted by atomic mass is 9.86. The molecule has 0 N–H and O–H groups in total. The lowest BCUT2D eigenvalue weighted by Crippen LogP contribution is -2.33. The molecule has 2 aliphatic heterocycles. The van der Waals surface area contributed by atoms with E-state index in [-0.39, 0.29) is 17.7 Å². The third kappa shape index (κ3) is 3.21. The van der Waals surface area contributed by atoms with E-state index in [0.717, 1.165) is 23.4 Å². The molecule has 0 saturated heterocycles. The summed E-state index contributed by atoms with van der Waals surface area (Å²) in [4.78, 5) is 0. The second-order valence-corrected chi connectivity index (χ2v) is 8.89. The molecular formula is C26H26N2O. The molecular weight excluding hydrogens is 356 g/mol. The molecule has 2 heterocycles. The minimum Gasteiger partial charge on any atom is -0.464 e.